The van der Waals surface area contributed by atoms with Gasteiger partial charge >= 0.3 is 0 Å². The molecule has 1 N–H and O–H groups in total. The SMILES string of the molecule is Cc1ccc(C2(O)CCC(C(C)(C)C)CC2)cc1Cl. The zero-order valence-corrected chi connectivity index (χ0v) is 13.2. The number of hydrogen-bond donors (Lipinski definition) is 1. The minimum Gasteiger partial charge on any atom is -0.385 e. The van der Waals surface area contributed by atoms with Crippen LogP contribution in [-0.2, 0) is 5.60 Å². The highest BCUT2D eigenvalue weighted by atomic mass is 35.5. The average molecular weight is 281 g/mol. The molecule has 0 aliphatic heterocycles. The van der Waals surface area contributed by atoms with Crippen LogP contribution in [0.3, 0.4) is 0 Å². The molecule has 1 nitrogen and oxygen atoms in total. The Kier molecular flexibility index (Phi) is 3.99. The van der Waals surface area contributed by atoms with Crippen LogP contribution in [0.15, 0.2) is 18.2 Å². The van der Waals surface area contributed by atoms with E-state index in [0.29, 0.717) is 11.3 Å². The van der Waals surface area contributed by atoms with E-state index >= 15 is 0 Å². The molecule has 0 amide bonds. The van der Waals surface area contributed by atoms with Crippen molar-refractivity contribution in [3.63, 3.8) is 0 Å². The van der Waals surface area contributed by atoms with Crippen molar-refractivity contribution in [2.45, 2.75) is 59.0 Å². The summed E-state index contributed by atoms with van der Waals surface area (Å²) >= 11 is 6.19. The van der Waals surface area contributed by atoms with Gasteiger partial charge < -0.3 is 5.11 Å². The van der Waals surface area contributed by atoms with Gasteiger partial charge in [-0.05, 0) is 61.1 Å². The predicted molar refractivity (Wildman–Crippen MR) is 81.5 cm³/mol. The normalized spacial score (nSPS) is 28.4. The number of aryl methyl sites for hydroxylation is 1. The van der Waals surface area contributed by atoms with Gasteiger partial charge in [0.1, 0.15) is 0 Å². The van der Waals surface area contributed by atoms with Crippen molar-refractivity contribution in [2.75, 3.05) is 0 Å². The highest BCUT2D eigenvalue weighted by Crippen LogP contribution is 2.45. The standard InChI is InChI=1S/C17H25ClO/c1-12-5-6-14(11-15(12)18)17(19)9-7-13(8-10-17)16(2,3)4/h5-6,11,13,19H,7-10H2,1-4H3. The lowest BCUT2D eigenvalue weighted by Gasteiger charge is -2.41. The van der Waals surface area contributed by atoms with Crippen LogP contribution in [-0.4, -0.2) is 5.11 Å². The van der Waals surface area contributed by atoms with Gasteiger partial charge in [-0.1, -0.05) is 44.5 Å². The quantitative estimate of drug-likeness (QED) is 0.761. The fourth-order valence-corrected chi connectivity index (χ4v) is 3.31. The number of halogens is 1. The van der Waals surface area contributed by atoms with Gasteiger partial charge in [-0.2, -0.15) is 0 Å². The first-order chi connectivity index (χ1) is 8.72. The summed E-state index contributed by atoms with van der Waals surface area (Å²) in [5, 5.41) is 11.6. The maximum atomic E-state index is 10.9. The molecular formula is C17H25ClO. The summed E-state index contributed by atoms with van der Waals surface area (Å²) in [6.07, 6.45) is 3.86. The second kappa shape index (κ2) is 5.10. The zero-order valence-electron chi connectivity index (χ0n) is 12.5. The number of hydrogen-bond acceptors (Lipinski definition) is 1. The van der Waals surface area contributed by atoms with E-state index in [4.69, 9.17) is 11.6 Å². The van der Waals surface area contributed by atoms with Crippen LogP contribution >= 0.6 is 11.6 Å². The Morgan fingerprint density at radius 3 is 2.26 bits per heavy atom. The molecule has 106 valence electrons. The van der Waals surface area contributed by atoms with Gasteiger partial charge in [0.25, 0.3) is 0 Å². The maximum absolute atomic E-state index is 10.9. The summed E-state index contributed by atoms with van der Waals surface area (Å²) in [4.78, 5) is 0. The lowest BCUT2D eigenvalue weighted by molar-refractivity contribution is -0.0297. The molecule has 1 aliphatic carbocycles. The Morgan fingerprint density at radius 1 is 1.21 bits per heavy atom. The van der Waals surface area contributed by atoms with E-state index in [-0.39, 0.29) is 0 Å². The maximum Gasteiger partial charge on any atom is 0.0897 e. The first-order valence-corrected chi connectivity index (χ1v) is 7.59. The number of benzene rings is 1. The van der Waals surface area contributed by atoms with E-state index in [9.17, 15) is 5.11 Å². The van der Waals surface area contributed by atoms with Crippen LogP contribution in [0.5, 0.6) is 0 Å². The lowest BCUT2D eigenvalue weighted by atomic mass is 9.67. The van der Waals surface area contributed by atoms with Crippen LogP contribution in [0.2, 0.25) is 5.02 Å². The summed E-state index contributed by atoms with van der Waals surface area (Å²) in [7, 11) is 0. The molecule has 0 saturated heterocycles. The molecule has 0 heterocycles. The first-order valence-electron chi connectivity index (χ1n) is 7.21. The predicted octanol–water partition coefficient (Wildman–Crippen LogP) is 5.07. The molecule has 1 aromatic carbocycles. The monoisotopic (exact) mass is 280 g/mol. The summed E-state index contributed by atoms with van der Waals surface area (Å²) in [6.45, 7) is 8.88. The fraction of sp³-hybridized carbons (Fsp3) is 0.647. The van der Waals surface area contributed by atoms with E-state index in [1.54, 1.807) is 0 Å². The Hall–Kier alpha value is -0.530. The summed E-state index contributed by atoms with van der Waals surface area (Å²) in [5.74, 6) is 0.702. The molecule has 0 spiro atoms. The first kappa shape index (κ1) is 14.9. The second-order valence-corrected chi connectivity index (χ2v) is 7.54. The van der Waals surface area contributed by atoms with Crippen LogP contribution in [0.25, 0.3) is 0 Å². The largest absolute Gasteiger partial charge is 0.385 e. The van der Waals surface area contributed by atoms with E-state index in [1.807, 2.05) is 25.1 Å². The average Bonchev–Trinajstić information content (AvgIpc) is 2.32. The van der Waals surface area contributed by atoms with Crippen molar-refractivity contribution in [3.05, 3.63) is 34.3 Å². The molecule has 0 aromatic heterocycles. The molecule has 1 fully saturated rings. The topological polar surface area (TPSA) is 20.2 Å². The van der Waals surface area contributed by atoms with Crippen LogP contribution < -0.4 is 0 Å². The van der Waals surface area contributed by atoms with E-state index in [1.165, 1.54) is 0 Å². The Labute approximate surface area is 122 Å². The zero-order chi connectivity index (χ0) is 14.3. The van der Waals surface area contributed by atoms with Crippen molar-refractivity contribution in [3.8, 4) is 0 Å². The second-order valence-electron chi connectivity index (χ2n) is 7.14. The molecule has 2 rings (SSSR count). The van der Waals surface area contributed by atoms with Gasteiger partial charge in [0.2, 0.25) is 0 Å². The molecule has 0 bridgehead atoms. The van der Waals surface area contributed by atoms with Crippen molar-refractivity contribution in [1.82, 2.24) is 0 Å². The van der Waals surface area contributed by atoms with Gasteiger partial charge in [0, 0.05) is 5.02 Å². The van der Waals surface area contributed by atoms with Crippen molar-refractivity contribution < 1.29 is 5.11 Å². The Morgan fingerprint density at radius 2 is 1.79 bits per heavy atom. The molecule has 19 heavy (non-hydrogen) atoms. The van der Waals surface area contributed by atoms with Crippen molar-refractivity contribution in [2.24, 2.45) is 11.3 Å². The third-order valence-corrected chi connectivity index (χ3v) is 5.15. The van der Waals surface area contributed by atoms with Crippen LogP contribution in [0, 0.1) is 18.3 Å². The Bertz CT molecular complexity index is 451. The molecule has 1 aromatic rings. The third kappa shape index (κ3) is 3.14. The highest BCUT2D eigenvalue weighted by Gasteiger charge is 2.38. The molecule has 2 heteroatoms. The van der Waals surface area contributed by atoms with Crippen LogP contribution in [0.1, 0.15) is 57.6 Å². The number of rotatable bonds is 1. The molecule has 1 saturated carbocycles. The molecule has 0 atom stereocenters. The fourth-order valence-electron chi connectivity index (χ4n) is 3.13. The van der Waals surface area contributed by atoms with Crippen molar-refractivity contribution in [1.29, 1.82) is 0 Å². The van der Waals surface area contributed by atoms with Gasteiger partial charge in [-0.3, -0.25) is 0 Å². The van der Waals surface area contributed by atoms with Gasteiger partial charge in [-0.25, -0.2) is 0 Å². The number of aliphatic hydroxyl groups is 1. The van der Waals surface area contributed by atoms with Crippen molar-refractivity contribution >= 4 is 11.6 Å². The van der Waals surface area contributed by atoms with Crippen LogP contribution in [0.4, 0.5) is 0 Å². The van der Waals surface area contributed by atoms with E-state index < -0.39 is 5.60 Å². The molecule has 1 aliphatic rings. The molecule has 0 radical (unpaired) electrons. The highest BCUT2D eigenvalue weighted by molar-refractivity contribution is 6.31. The summed E-state index contributed by atoms with van der Waals surface area (Å²) in [5.41, 5.74) is 1.71. The summed E-state index contributed by atoms with van der Waals surface area (Å²) in [6, 6.07) is 5.97. The smallest absolute Gasteiger partial charge is 0.0897 e. The third-order valence-electron chi connectivity index (χ3n) is 4.75. The summed E-state index contributed by atoms with van der Waals surface area (Å²) < 4.78 is 0. The van der Waals surface area contributed by atoms with Gasteiger partial charge in [0.05, 0.1) is 5.60 Å². The Balaban J connectivity index is 2.15. The van der Waals surface area contributed by atoms with E-state index in [2.05, 4.69) is 20.8 Å². The van der Waals surface area contributed by atoms with Gasteiger partial charge in [-0.15, -0.1) is 0 Å². The lowest BCUT2D eigenvalue weighted by Crippen LogP contribution is -2.35. The minimum absolute atomic E-state index is 0.340. The van der Waals surface area contributed by atoms with Gasteiger partial charge in [0.15, 0.2) is 0 Å². The molecule has 0 unspecified atom stereocenters. The van der Waals surface area contributed by atoms with E-state index in [0.717, 1.165) is 41.8 Å². The minimum atomic E-state index is -0.681. The molecular weight excluding hydrogens is 256 g/mol.